The molecule has 0 aliphatic carbocycles. The van der Waals surface area contributed by atoms with Gasteiger partial charge in [-0.25, -0.2) is 9.78 Å². The Labute approximate surface area is 143 Å². The van der Waals surface area contributed by atoms with E-state index in [0.717, 1.165) is 10.2 Å². The third kappa shape index (κ3) is 3.60. The topological polar surface area (TPSA) is 68.3 Å². The lowest BCUT2D eigenvalue weighted by molar-refractivity contribution is 0.0378. The molecule has 0 saturated carbocycles. The second-order valence-corrected chi connectivity index (χ2v) is 6.51. The van der Waals surface area contributed by atoms with E-state index >= 15 is 0 Å². The summed E-state index contributed by atoms with van der Waals surface area (Å²) in [5.74, 6) is -0.579. The summed E-state index contributed by atoms with van der Waals surface area (Å²) in [4.78, 5) is 28.5. The number of fused-ring (bicyclic) bond motifs is 1. The predicted molar refractivity (Wildman–Crippen MR) is 94.6 cm³/mol. The largest absolute Gasteiger partial charge is 0.459 e. The Morgan fingerprint density at radius 2 is 1.83 bits per heavy atom. The van der Waals surface area contributed by atoms with Crippen molar-refractivity contribution in [3.8, 4) is 0 Å². The highest BCUT2D eigenvalue weighted by Gasteiger charge is 2.13. The Hall–Kier alpha value is -2.73. The SMILES string of the molecule is CC(C)OC(=O)c1ccc2nc(NC(=O)c3ccccc3)sc2c1. The zero-order valence-corrected chi connectivity index (χ0v) is 14.1. The molecule has 3 rings (SSSR count). The maximum atomic E-state index is 12.2. The highest BCUT2D eigenvalue weighted by Crippen LogP contribution is 2.27. The number of nitrogens with one attached hydrogen (secondary N) is 1. The van der Waals surface area contributed by atoms with Gasteiger partial charge in [0, 0.05) is 5.56 Å². The van der Waals surface area contributed by atoms with E-state index in [9.17, 15) is 9.59 Å². The van der Waals surface area contributed by atoms with Crippen molar-refractivity contribution in [2.45, 2.75) is 20.0 Å². The number of hydrogen-bond acceptors (Lipinski definition) is 5. The minimum absolute atomic E-state index is 0.171. The Morgan fingerprint density at radius 1 is 1.08 bits per heavy atom. The lowest BCUT2D eigenvalue weighted by Gasteiger charge is -2.07. The number of esters is 1. The van der Waals surface area contributed by atoms with Gasteiger partial charge in [0.25, 0.3) is 5.91 Å². The monoisotopic (exact) mass is 340 g/mol. The van der Waals surface area contributed by atoms with Crippen LogP contribution in [0.1, 0.15) is 34.6 Å². The van der Waals surface area contributed by atoms with Gasteiger partial charge in [-0.3, -0.25) is 10.1 Å². The molecule has 0 spiro atoms. The zero-order valence-electron chi connectivity index (χ0n) is 13.3. The van der Waals surface area contributed by atoms with Crippen LogP contribution in [0.5, 0.6) is 0 Å². The number of hydrogen-bond donors (Lipinski definition) is 1. The molecule has 1 amide bonds. The zero-order chi connectivity index (χ0) is 17.1. The summed E-state index contributed by atoms with van der Waals surface area (Å²) in [6.45, 7) is 3.61. The number of benzene rings is 2. The Morgan fingerprint density at radius 3 is 2.54 bits per heavy atom. The van der Waals surface area contributed by atoms with E-state index in [1.54, 1.807) is 56.3 Å². The molecule has 1 heterocycles. The quantitative estimate of drug-likeness (QED) is 0.726. The van der Waals surface area contributed by atoms with E-state index in [4.69, 9.17) is 4.74 Å². The van der Waals surface area contributed by atoms with Gasteiger partial charge >= 0.3 is 5.97 Å². The van der Waals surface area contributed by atoms with Crippen molar-refractivity contribution >= 4 is 38.6 Å². The standard InChI is InChI=1S/C18H16N2O3S/c1-11(2)23-17(22)13-8-9-14-15(10-13)24-18(19-14)20-16(21)12-6-4-3-5-7-12/h3-11H,1-2H3,(H,19,20,21). The van der Waals surface area contributed by atoms with E-state index < -0.39 is 0 Å². The summed E-state index contributed by atoms with van der Waals surface area (Å²) in [6, 6.07) is 14.1. The summed E-state index contributed by atoms with van der Waals surface area (Å²) < 4.78 is 6.01. The molecule has 0 radical (unpaired) electrons. The molecule has 3 aromatic rings. The van der Waals surface area contributed by atoms with Crippen molar-refractivity contribution in [2.75, 3.05) is 5.32 Å². The van der Waals surface area contributed by atoms with E-state index in [2.05, 4.69) is 10.3 Å². The first kappa shape index (κ1) is 16.1. The van der Waals surface area contributed by atoms with Crippen molar-refractivity contribution in [2.24, 2.45) is 0 Å². The van der Waals surface area contributed by atoms with Crippen LogP contribution in [-0.4, -0.2) is 23.0 Å². The van der Waals surface area contributed by atoms with Crippen LogP contribution in [0.3, 0.4) is 0 Å². The Balaban J connectivity index is 1.81. The molecule has 0 aliphatic rings. The molecule has 6 heteroatoms. The first-order valence-electron chi connectivity index (χ1n) is 7.51. The number of thiazole rings is 1. The maximum Gasteiger partial charge on any atom is 0.338 e. The van der Waals surface area contributed by atoms with E-state index in [-0.39, 0.29) is 18.0 Å². The van der Waals surface area contributed by atoms with Gasteiger partial charge in [0.15, 0.2) is 5.13 Å². The van der Waals surface area contributed by atoms with Crippen LogP contribution in [0.4, 0.5) is 5.13 Å². The van der Waals surface area contributed by atoms with Crippen LogP contribution < -0.4 is 5.32 Å². The normalized spacial score (nSPS) is 10.8. The first-order chi connectivity index (χ1) is 11.5. The lowest BCUT2D eigenvalue weighted by Crippen LogP contribution is -2.11. The Kier molecular flexibility index (Phi) is 4.57. The average Bonchev–Trinajstić information content (AvgIpc) is 2.96. The van der Waals surface area contributed by atoms with Crippen molar-refractivity contribution in [3.05, 3.63) is 59.7 Å². The van der Waals surface area contributed by atoms with Gasteiger partial charge < -0.3 is 4.74 Å². The highest BCUT2D eigenvalue weighted by molar-refractivity contribution is 7.22. The van der Waals surface area contributed by atoms with Gasteiger partial charge in [0.05, 0.1) is 21.9 Å². The summed E-state index contributed by atoms with van der Waals surface area (Å²) in [7, 11) is 0. The fraction of sp³-hybridized carbons (Fsp3) is 0.167. The number of nitrogens with zero attached hydrogens (tertiary/aromatic N) is 1. The number of carbonyl (C=O) groups is 2. The third-order valence-corrected chi connectivity index (χ3v) is 4.16. The number of anilines is 1. The predicted octanol–water partition coefficient (Wildman–Crippen LogP) is 4.11. The van der Waals surface area contributed by atoms with Crippen LogP contribution >= 0.6 is 11.3 Å². The molecule has 24 heavy (non-hydrogen) atoms. The summed E-state index contributed by atoms with van der Waals surface area (Å²) in [6.07, 6.45) is -0.171. The molecule has 0 unspecified atom stereocenters. The molecule has 0 fully saturated rings. The van der Waals surface area contributed by atoms with Gasteiger partial charge in [0.2, 0.25) is 0 Å². The lowest BCUT2D eigenvalue weighted by atomic mass is 10.2. The first-order valence-corrected chi connectivity index (χ1v) is 8.32. The molecular weight excluding hydrogens is 324 g/mol. The van der Waals surface area contributed by atoms with Gasteiger partial charge in [-0.1, -0.05) is 29.5 Å². The van der Waals surface area contributed by atoms with E-state index in [0.29, 0.717) is 16.3 Å². The Bertz CT molecular complexity index is 888. The summed E-state index contributed by atoms with van der Waals surface area (Å²) in [5.41, 5.74) is 1.77. The molecule has 1 N–H and O–H groups in total. The minimum Gasteiger partial charge on any atom is -0.459 e. The number of carbonyl (C=O) groups excluding carboxylic acids is 2. The van der Waals surface area contributed by atoms with Crippen LogP contribution in [0, 0.1) is 0 Å². The number of aromatic nitrogens is 1. The summed E-state index contributed by atoms with van der Waals surface area (Å²) in [5, 5.41) is 3.27. The van der Waals surface area contributed by atoms with Gasteiger partial charge in [-0.05, 0) is 44.2 Å². The molecule has 0 bridgehead atoms. The molecule has 122 valence electrons. The van der Waals surface area contributed by atoms with Gasteiger partial charge in [0.1, 0.15) is 0 Å². The number of rotatable bonds is 4. The van der Waals surface area contributed by atoms with Crippen molar-refractivity contribution in [3.63, 3.8) is 0 Å². The van der Waals surface area contributed by atoms with E-state index in [1.807, 2.05) is 6.07 Å². The number of ether oxygens (including phenoxy) is 1. The second kappa shape index (κ2) is 6.80. The van der Waals surface area contributed by atoms with Crippen LogP contribution in [0.25, 0.3) is 10.2 Å². The molecule has 5 nitrogen and oxygen atoms in total. The fourth-order valence-corrected chi connectivity index (χ4v) is 3.05. The van der Waals surface area contributed by atoms with Gasteiger partial charge in [-0.15, -0.1) is 0 Å². The molecule has 0 aliphatic heterocycles. The summed E-state index contributed by atoms with van der Waals surface area (Å²) >= 11 is 1.32. The third-order valence-electron chi connectivity index (χ3n) is 3.22. The molecular formula is C18H16N2O3S. The maximum absolute atomic E-state index is 12.2. The van der Waals surface area contributed by atoms with Crippen LogP contribution in [0.2, 0.25) is 0 Å². The molecule has 0 saturated heterocycles. The molecule has 2 aromatic carbocycles. The average molecular weight is 340 g/mol. The highest BCUT2D eigenvalue weighted by atomic mass is 32.1. The van der Waals surface area contributed by atoms with E-state index in [1.165, 1.54) is 11.3 Å². The second-order valence-electron chi connectivity index (χ2n) is 5.48. The van der Waals surface area contributed by atoms with Crippen molar-refractivity contribution in [1.82, 2.24) is 4.98 Å². The van der Waals surface area contributed by atoms with Crippen molar-refractivity contribution in [1.29, 1.82) is 0 Å². The molecule has 0 atom stereocenters. The van der Waals surface area contributed by atoms with Crippen molar-refractivity contribution < 1.29 is 14.3 Å². The number of amides is 1. The fourth-order valence-electron chi connectivity index (χ4n) is 2.15. The van der Waals surface area contributed by atoms with Crippen LogP contribution in [-0.2, 0) is 4.74 Å². The molecule has 1 aromatic heterocycles. The minimum atomic E-state index is -0.366. The smallest absolute Gasteiger partial charge is 0.338 e. The van der Waals surface area contributed by atoms with Crippen LogP contribution in [0.15, 0.2) is 48.5 Å². The van der Waals surface area contributed by atoms with Gasteiger partial charge in [-0.2, -0.15) is 0 Å².